The van der Waals surface area contributed by atoms with Crippen LogP contribution in [0.2, 0.25) is 0 Å². The first kappa shape index (κ1) is 21.9. The van der Waals surface area contributed by atoms with Gasteiger partial charge in [0.25, 0.3) is 11.5 Å². The summed E-state index contributed by atoms with van der Waals surface area (Å²) in [6.07, 6.45) is 4.05. The zero-order chi connectivity index (χ0) is 22.8. The number of nitrogens with zero attached hydrogens (tertiary/aromatic N) is 1. The minimum atomic E-state index is -0.153. The molecule has 4 rings (SSSR count). The summed E-state index contributed by atoms with van der Waals surface area (Å²) in [5, 5.41) is 0.976. The van der Waals surface area contributed by atoms with Crippen LogP contribution in [-0.4, -0.2) is 36.1 Å². The quantitative estimate of drug-likeness (QED) is 0.608. The van der Waals surface area contributed by atoms with Crippen LogP contribution in [0.3, 0.4) is 0 Å². The molecule has 1 saturated carbocycles. The van der Waals surface area contributed by atoms with Crippen LogP contribution in [0.25, 0.3) is 10.9 Å². The van der Waals surface area contributed by atoms with Crippen LogP contribution in [-0.2, 0) is 6.54 Å². The number of aromatic nitrogens is 1. The lowest BCUT2D eigenvalue weighted by atomic mass is 10.0. The number of hydrogen-bond donors (Lipinski definition) is 1. The minimum absolute atomic E-state index is 0.106. The summed E-state index contributed by atoms with van der Waals surface area (Å²) in [6, 6.07) is 11.3. The molecule has 6 nitrogen and oxygen atoms in total. The summed E-state index contributed by atoms with van der Waals surface area (Å²) >= 11 is 0. The largest absolute Gasteiger partial charge is 0.497 e. The van der Waals surface area contributed by atoms with Gasteiger partial charge in [-0.25, -0.2) is 0 Å². The number of benzene rings is 2. The Kier molecular flexibility index (Phi) is 6.21. The highest BCUT2D eigenvalue weighted by Gasteiger charge is 2.29. The summed E-state index contributed by atoms with van der Waals surface area (Å²) in [5.74, 6) is 1.01. The number of carbonyl (C=O) groups excluding carboxylic acids is 1. The SMILES string of the molecule is COc1cc(OC)cc(C(=O)N(Cc2cc3cc(C)c(C)cc3[nH]c2=O)C2CCCC2)c1. The van der Waals surface area contributed by atoms with E-state index in [2.05, 4.69) is 18.0 Å². The Hall–Kier alpha value is -3.28. The lowest BCUT2D eigenvalue weighted by Gasteiger charge is -2.29. The molecule has 2 aromatic carbocycles. The maximum Gasteiger partial charge on any atom is 0.254 e. The van der Waals surface area contributed by atoms with Crippen LogP contribution < -0.4 is 15.0 Å². The predicted octanol–water partition coefficient (Wildman–Crippen LogP) is 4.75. The second-order valence-corrected chi connectivity index (χ2v) is 8.62. The van der Waals surface area contributed by atoms with Crippen molar-refractivity contribution < 1.29 is 14.3 Å². The second-order valence-electron chi connectivity index (χ2n) is 8.62. The minimum Gasteiger partial charge on any atom is -0.497 e. The fourth-order valence-corrected chi connectivity index (χ4v) is 4.50. The average molecular weight is 435 g/mol. The lowest BCUT2D eigenvalue weighted by Crippen LogP contribution is -2.39. The number of pyridine rings is 1. The van der Waals surface area contributed by atoms with E-state index in [1.165, 1.54) is 5.56 Å². The highest BCUT2D eigenvalue weighted by Crippen LogP contribution is 2.29. The first-order valence-electron chi connectivity index (χ1n) is 11.1. The molecule has 0 unspecified atom stereocenters. The summed E-state index contributed by atoms with van der Waals surface area (Å²) in [5.41, 5.74) is 4.06. The number of H-pyrrole nitrogens is 1. The van der Waals surface area contributed by atoms with Gasteiger partial charge in [-0.3, -0.25) is 9.59 Å². The Balaban J connectivity index is 1.73. The molecule has 32 heavy (non-hydrogen) atoms. The van der Waals surface area contributed by atoms with E-state index >= 15 is 0 Å². The van der Waals surface area contributed by atoms with Gasteiger partial charge in [-0.15, -0.1) is 0 Å². The molecular weight excluding hydrogens is 404 g/mol. The number of amides is 1. The zero-order valence-electron chi connectivity index (χ0n) is 19.2. The van der Waals surface area contributed by atoms with E-state index in [0.29, 0.717) is 22.6 Å². The molecule has 1 heterocycles. The average Bonchev–Trinajstić information content (AvgIpc) is 3.32. The molecule has 6 heteroatoms. The molecule has 0 aliphatic heterocycles. The van der Waals surface area contributed by atoms with E-state index in [1.54, 1.807) is 32.4 Å². The van der Waals surface area contributed by atoms with Gasteiger partial charge in [0.05, 0.1) is 20.8 Å². The van der Waals surface area contributed by atoms with Gasteiger partial charge in [-0.2, -0.15) is 0 Å². The van der Waals surface area contributed by atoms with Crippen LogP contribution >= 0.6 is 0 Å². The van der Waals surface area contributed by atoms with Crippen LogP contribution in [0.15, 0.2) is 41.2 Å². The Labute approximate surface area is 188 Å². The number of rotatable bonds is 6. The molecule has 1 fully saturated rings. The maximum absolute atomic E-state index is 13.6. The van der Waals surface area contributed by atoms with Gasteiger partial charge in [-0.05, 0) is 73.5 Å². The molecule has 1 aliphatic rings. The molecule has 1 aliphatic carbocycles. The molecular formula is C26H30N2O4. The third-order valence-electron chi connectivity index (χ3n) is 6.50. The molecule has 1 aromatic heterocycles. The van der Waals surface area contributed by atoms with Crippen molar-refractivity contribution in [3.05, 3.63) is 69.0 Å². The Morgan fingerprint density at radius 1 is 0.969 bits per heavy atom. The second kappa shape index (κ2) is 9.07. The molecule has 0 saturated heterocycles. The lowest BCUT2D eigenvalue weighted by molar-refractivity contribution is 0.0663. The zero-order valence-corrected chi connectivity index (χ0v) is 19.2. The normalized spacial score (nSPS) is 14.0. The molecule has 0 bridgehead atoms. The van der Waals surface area contributed by atoms with Crippen LogP contribution in [0, 0.1) is 13.8 Å². The molecule has 1 N–H and O–H groups in total. The molecule has 3 aromatic rings. The third kappa shape index (κ3) is 4.35. The number of fused-ring (bicyclic) bond motifs is 1. The van der Waals surface area contributed by atoms with E-state index in [9.17, 15) is 9.59 Å². The highest BCUT2D eigenvalue weighted by atomic mass is 16.5. The van der Waals surface area contributed by atoms with Gasteiger partial charge in [0.15, 0.2) is 0 Å². The number of aromatic amines is 1. The standard InChI is InChI=1S/C26H30N2O4/c1-16-9-18-11-20(25(29)27-24(18)10-17(16)2)15-28(21-7-5-6-8-21)26(30)19-12-22(31-3)14-23(13-19)32-4/h9-14,21H,5-8,15H2,1-4H3,(H,27,29). The first-order chi connectivity index (χ1) is 15.4. The summed E-state index contributed by atoms with van der Waals surface area (Å²) < 4.78 is 10.7. The number of methoxy groups -OCH3 is 2. The number of carbonyl (C=O) groups is 1. The highest BCUT2D eigenvalue weighted by molar-refractivity contribution is 5.95. The number of ether oxygens (including phenoxy) is 2. The van der Waals surface area contributed by atoms with Crippen molar-refractivity contribution in [2.75, 3.05) is 14.2 Å². The maximum atomic E-state index is 13.6. The van der Waals surface area contributed by atoms with Gasteiger partial charge in [0.1, 0.15) is 11.5 Å². The number of hydrogen-bond acceptors (Lipinski definition) is 4. The molecule has 0 atom stereocenters. The Morgan fingerprint density at radius 2 is 1.59 bits per heavy atom. The van der Waals surface area contributed by atoms with Crippen LogP contribution in [0.5, 0.6) is 11.5 Å². The van der Waals surface area contributed by atoms with E-state index < -0.39 is 0 Å². The van der Waals surface area contributed by atoms with Crippen molar-refractivity contribution in [3.63, 3.8) is 0 Å². The molecule has 168 valence electrons. The fourth-order valence-electron chi connectivity index (χ4n) is 4.50. The molecule has 0 radical (unpaired) electrons. The van der Waals surface area contributed by atoms with Crippen molar-refractivity contribution in [2.24, 2.45) is 0 Å². The third-order valence-corrected chi connectivity index (χ3v) is 6.50. The Bertz CT molecular complexity index is 1190. The van der Waals surface area contributed by atoms with Gasteiger partial charge < -0.3 is 19.4 Å². The van der Waals surface area contributed by atoms with Crippen molar-refractivity contribution in [3.8, 4) is 11.5 Å². The van der Waals surface area contributed by atoms with Crippen LogP contribution in [0.1, 0.15) is 52.7 Å². The van der Waals surface area contributed by atoms with Crippen molar-refractivity contribution in [1.82, 2.24) is 9.88 Å². The smallest absolute Gasteiger partial charge is 0.254 e. The van der Waals surface area contributed by atoms with Crippen LogP contribution in [0.4, 0.5) is 0 Å². The van der Waals surface area contributed by atoms with Gasteiger partial charge in [-0.1, -0.05) is 12.8 Å². The number of aryl methyl sites for hydroxylation is 2. The van der Waals surface area contributed by atoms with E-state index in [4.69, 9.17) is 9.47 Å². The first-order valence-corrected chi connectivity index (χ1v) is 11.1. The van der Waals surface area contributed by atoms with Gasteiger partial charge >= 0.3 is 0 Å². The van der Waals surface area contributed by atoms with Crippen molar-refractivity contribution in [2.45, 2.75) is 52.1 Å². The monoisotopic (exact) mass is 434 g/mol. The topological polar surface area (TPSA) is 71.6 Å². The molecule has 0 spiro atoms. The summed E-state index contributed by atoms with van der Waals surface area (Å²) in [6.45, 7) is 4.36. The van der Waals surface area contributed by atoms with Crippen molar-refractivity contribution >= 4 is 16.8 Å². The van der Waals surface area contributed by atoms with E-state index in [1.807, 2.05) is 24.0 Å². The summed E-state index contributed by atoms with van der Waals surface area (Å²) in [4.78, 5) is 31.4. The van der Waals surface area contributed by atoms with E-state index in [0.717, 1.165) is 42.1 Å². The van der Waals surface area contributed by atoms with Gasteiger partial charge in [0.2, 0.25) is 0 Å². The molecule has 1 amide bonds. The number of nitrogens with one attached hydrogen (secondary N) is 1. The Morgan fingerprint density at radius 3 is 2.22 bits per heavy atom. The fraction of sp³-hybridized carbons (Fsp3) is 0.385. The predicted molar refractivity (Wildman–Crippen MR) is 126 cm³/mol. The summed E-state index contributed by atoms with van der Waals surface area (Å²) in [7, 11) is 3.13. The van der Waals surface area contributed by atoms with E-state index in [-0.39, 0.29) is 24.1 Å². The van der Waals surface area contributed by atoms with Gasteiger partial charge in [0, 0.05) is 28.8 Å². The van der Waals surface area contributed by atoms with Crippen molar-refractivity contribution in [1.29, 1.82) is 0 Å².